The van der Waals surface area contributed by atoms with Gasteiger partial charge in [0.15, 0.2) is 0 Å². The molecule has 1 aromatic carbocycles. The number of nitrogens with one attached hydrogen (secondary N) is 2. The summed E-state index contributed by atoms with van der Waals surface area (Å²) in [7, 11) is 3.24. The molecule has 0 atom stereocenters. The Morgan fingerprint density at radius 2 is 1.74 bits per heavy atom. The van der Waals surface area contributed by atoms with E-state index < -0.39 is 0 Å². The molecule has 7 heteroatoms. The number of amides is 2. The van der Waals surface area contributed by atoms with Gasteiger partial charge in [-0.1, -0.05) is 12.1 Å². The highest BCUT2D eigenvalue weighted by atomic mass is 16.5. The zero-order valence-electron chi connectivity index (χ0n) is 15.7. The van der Waals surface area contributed by atoms with Crippen LogP contribution in [0.4, 0.5) is 0 Å². The number of methoxy groups -OCH3 is 2. The molecule has 1 heterocycles. The molecule has 0 aliphatic carbocycles. The lowest BCUT2D eigenvalue weighted by atomic mass is 10.1. The second-order valence-corrected chi connectivity index (χ2v) is 5.89. The van der Waals surface area contributed by atoms with Gasteiger partial charge in [-0.05, 0) is 42.7 Å². The Hall–Kier alpha value is -2.93. The van der Waals surface area contributed by atoms with Crippen molar-refractivity contribution in [2.24, 2.45) is 0 Å². The Balaban J connectivity index is 1.83. The number of hydrogen-bond acceptors (Lipinski definition) is 5. The van der Waals surface area contributed by atoms with E-state index >= 15 is 0 Å². The number of pyridine rings is 1. The van der Waals surface area contributed by atoms with Crippen LogP contribution < -0.4 is 15.4 Å². The van der Waals surface area contributed by atoms with Crippen LogP contribution in [-0.4, -0.2) is 50.7 Å². The fourth-order valence-corrected chi connectivity index (χ4v) is 2.42. The van der Waals surface area contributed by atoms with Crippen molar-refractivity contribution in [3.8, 4) is 5.75 Å². The molecule has 2 aromatic rings. The number of nitrogens with zero attached hydrogens (tertiary/aromatic N) is 1. The van der Waals surface area contributed by atoms with Crippen molar-refractivity contribution in [1.82, 2.24) is 15.6 Å². The van der Waals surface area contributed by atoms with Crippen molar-refractivity contribution in [3.63, 3.8) is 0 Å². The lowest BCUT2D eigenvalue weighted by molar-refractivity contribution is 0.0948. The number of aromatic nitrogens is 1. The van der Waals surface area contributed by atoms with Gasteiger partial charge in [0.05, 0.1) is 7.11 Å². The van der Waals surface area contributed by atoms with Crippen molar-refractivity contribution >= 4 is 11.8 Å². The largest absolute Gasteiger partial charge is 0.497 e. The van der Waals surface area contributed by atoms with Gasteiger partial charge in [0.2, 0.25) is 0 Å². The summed E-state index contributed by atoms with van der Waals surface area (Å²) in [5.41, 5.74) is 1.71. The van der Waals surface area contributed by atoms with E-state index in [9.17, 15) is 9.59 Å². The summed E-state index contributed by atoms with van der Waals surface area (Å²) in [5, 5.41) is 5.61. The molecule has 2 N–H and O–H groups in total. The Morgan fingerprint density at radius 1 is 1.00 bits per heavy atom. The van der Waals surface area contributed by atoms with E-state index in [2.05, 4.69) is 15.6 Å². The Kier molecular flexibility index (Phi) is 8.25. The number of carbonyl (C=O) groups is 2. The topological polar surface area (TPSA) is 89.5 Å². The second-order valence-electron chi connectivity index (χ2n) is 5.89. The molecule has 0 unspecified atom stereocenters. The first-order chi connectivity index (χ1) is 13.1. The molecule has 0 spiro atoms. The first-order valence-corrected chi connectivity index (χ1v) is 8.78. The summed E-state index contributed by atoms with van der Waals surface area (Å²) >= 11 is 0. The fraction of sp³-hybridized carbons (Fsp3) is 0.350. The van der Waals surface area contributed by atoms with Crippen LogP contribution in [0.2, 0.25) is 0 Å². The maximum Gasteiger partial charge on any atom is 0.269 e. The van der Waals surface area contributed by atoms with Gasteiger partial charge in [0.25, 0.3) is 11.8 Å². The van der Waals surface area contributed by atoms with Gasteiger partial charge >= 0.3 is 0 Å². The number of carbonyl (C=O) groups excluding carboxylic acids is 2. The Morgan fingerprint density at radius 3 is 2.44 bits per heavy atom. The summed E-state index contributed by atoms with van der Waals surface area (Å²) in [6.07, 6.45) is 2.88. The summed E-state index contributed by atoms with van der Waals surface area (Å²) in [6, 6.07) is 10.8. The van der Waals surface area contributed by atoms with Crippen molar-refractivity contribution < 1.29 is 19.1 Å². The molecule has 0 aliphatic heterocycles. The number of ether oxygens (including phenoxy) is 2. The van der Waals surface area contributed by atoms with Crippen LogP contribution >= 0.6 is 0 Å². The van der Waals surface area contributed by atoms with Gasteiger partial charge in [-0.3, -0.25) is 14.6 Å². The molecule has 0 radical (unpaired) electrons. The van der Waals surface area contributed by atoms with Crippen LogP contribution in [0.25, 0.3) is 0 Å². The van der Waals surface area contributed by atoms with Crippen LogP contribution in [0.5, 0.6) is 5.75 Å². The molecule has 0 saturated carbocycles. The molecule has 27 heavy (non-hydrogen) atoms. The van der Waals surface area contributed by atoms with Crippen LogP contribution in [0, 0.1) is 0 Å². The maximum absolute atomic E-state index is 12.3. The predicted molar refractivity (Wildman–Crippen MR) is 102 cm³/mol. The summed E-state index contributed by atoms with van der Waals surface area (Å²) in [5.74, 6) is 0.252. The first kappa shape index (κ1) is 20.4. The van der Waals surface area contributed by atoms with Gasteiger partial charge in [-0.2, -0.15) is 0 Å². The first-order valence-electron chi connectivity index (χ1n) is 8.78. The standard InChI is InChI=1S/C20H25N3O4/c1-26-13-3-10-22-19(24)16-9-12-21-18(14-16)20(25)23-11-8-15-4-6-17(27-2)7-5-15/h4-7,9,12,14H,3,8,10-11,13H2,1-2H3,(H,22,24)(H,23,25). The minimum Gasteiger partial charge on any atom is -0.497 e. The molecular formula is C20H25N3O4. The predicted octanol–water partition coefficient (Wildman–Crippen LogP) is 1.83. The molecule has 2 rings (SSSR count). The normalized spacial score (nSPS) is 10.3. The third kappa shape index (κ3) is 6.71. The average molecular weight is 371 g/mol. The number of rotatable bonds is 10. The van der Waals surface area contributed by atoms with Gasteiger partial charge in [-0.25, -0.2) is 0 Å². The van der Waals surface area contributed by atoms with Gasteiger partial charge in [0, 0.05) is 38.6 Å². The zero-order chi connectivity index (χ0) is 19.5. The minimum absolute atomic E-state index is 0.217. The number of hydrogen-bond donors (Lipinski definition) is 2. The SMILES string of the molecule is COCCCNC(=O)c1ccnc(C(=O)NCCc2ccc(OC)cc2)c1. The molecule has 2 amide bonds. The molecule has 0 saturated heterocycles. The van der Waals surface area contributed by atoms with E-state index in [1.54, 1.807) is 20.3 Å². The van der Waals surface area contributed by atoms with Crippen molar-refractivity contribution in [2.75, 3.05) is 33.9 Å². The fourth-order valence-electron chi connectivity index (χ4n) is 2.42. The molecule has 0 aliphatic rings. The van der Waals surface area contributed by atoms with Gasteiger partial charge < -0.3 is 20.1 Å². The maximum atomic E-state index is 12.3. The second kappa shape index (κ2) is 10.9. The van der Waals surface area contributed by atoms with Crippen molar-refractivity contribution in [3.05, 3.63) is 59.4 Å². The number of benzene rings is 1. The van der Waals surface area contributed by atoms with Crippen molar-refractivity contribution in [1.29, 1.82) is 0 Å². The zero-order valence-corrected chi connectivity index (χ0v) is 15.7. The lowest BCUT2D eigenvalue weighted by Crippen LogP contribution is -2.28. The van der Waals surface area contributed by atoms with Gasteiger partial charge in [-0.15, -0.1) is 0 Å². The van der Waals surface area contributed by atoms with Crippen molar-refractivity contribution in [2.45, 2.75) is 12.8 Å². The molecule has 0 bridgehead atoms. The third-order valence-electron chi connectivity index (χ3n) is 3.92. The van der Waals surface area contributed by atoms with E-state index in [4.69, 9.17) is 9.47 Å². The molecule has 7 nitrogen and oxygen atoms in total. The van der Waals surface area contributed by atoms with E-state index in [-0.39, 0.29) is 17.5 Å². The Labute approximate surface area is 159 Å². The highest BCUT2D eigenvalue weighted by molar-refractivity contribution is 5.98. The van der Waals surface area contributed by atoms with E-state index in [0.717, 1.165) is 17.7 Å². The lowest BCUT2D eigenvalue weighted by Gasteiger charge is -2.08. The smallest absolute Gasteiger partial charge is 0.269 e. The van der Waals surface area contributed by atoms with E-state index in [1.807, 2.05) is 24.3 Å². The minimum atomic E-state index is -0.308. The van der Waals surface area contributed by atoms with Gasteiger partial charge in [0.1, 0.15) is 11.4 Å². The highest BCUT2D eigenvalue weighted by Crippen LogP contribution is 2.11. The molecule has 0 fully saturated rings. The summed E-state index contributed by atoms with van der Waals surface area (Å²) in [6.45, 7) is 1.57. The molecule has 144 valence electrons. The summed E-state index contributed by atoms with van der Waals surface area (Å²) < 4.78 is 10.1. The van der Waals surface area contributed by atoms with Crippen LogP contribution in [0.3, 0.4) is 0 Å². The quantitative estimate of drug-likeness (QED) is 0.622. The average Bonchev–Trinajstić information content (AvgIpc) is 2.71. The highest BCUT2D eigenvalue weighted by Gasteiger charge is 2.11. The summed E-state index contributed by atoms with van der Waals surface area (Å²) in [4.78, 5) is 28.4. The monoisotopic (exact) mass is 371 g/mol. The van der Waals surface area contributed by atoms with Crippen LogP contribution in [0.15, 0.2) is 42.6 Å². The van der Waals surface area contributed by atoms with E-state index in [1.165, 1.54) is 12.3 Å². The van der Waals surface area contributed by atoms with E-state index in [0.29, 0.717) is 31.7 Å². The molecule has 1 aromatic heterocycles. The Bertz CT molecular complexity index is 747. The third-order valence-corrected chi connectivity index (χ3v) is 3.92. The van der Waals surface area contributed by atoms with Crippen LogP contribution in [0.1, 0.15) is 32.8 Å². The molecular weight excluding hydrogens is 346 g/mol. The van der Waals surface area contributed by atoms with Crippen LogP contribution in [-0.2, 0) is 11.2 Å².